The molecule has 2 rings (SSSR count). The normalized spacial score (nSPS) is 12.1. The van der Waals surface area contributed by atoms with E-state index >= 15 is 0 Å². The second-order valence-electron chi connectivity index (χ2n) is 5.00. The van der Waals surface area contributed by atoms with Gasteiger partial charge in [-0.15, -0.1) is 0 Å². The first-order valence-electron chi connectivity index (χ1n) is 6.89. The van der Waals surface area contributed by atoms with E-state index in [0.717, 1.165) is 19.5 Å². The molecular weight excluding hydrogens is 232 g/mol. The Morgan fingerprint density at radius 3 is 2.21 bits per heavy atom. The Bertz CT molecular complexity index is 476. The molecule has 0 radical (unpaired) electrons. The SMILES string of the molecule is CC(CN)CCNc1ccc(-c2ccccc2)cc1. The average molecular weight is 254 g/mol. The fourth-order valence-corrected chi connectivity index (χ4v) is 1.99. The summed E-state index contributed by atoms with van der Waals surface area (Å²) in [7, 11) is 0. The number of hydrogen-bond donors (Lipinski definition) is 2. The highest BCUT2D eigenvalue weighted by atomic mass is 14.9. The van der Waals surface area contributed by atoms with Crippen molar-refractivity contribution in [2.24, 2.45) is 11.7 Å². The van der Waals surface area contributed by atoms with Crippen LogP contribution in [-0.2, 0) is 0 Å². The first-order chi connectivity index (χ1) is 9.29. The number of nitrogens with two attached hydrogens (primary N) is 1. The second kappa shape index (κ2) is 6.95. The maximum atomic E-state index is 5.61. The van der Waals surface area contributed by atoms with Gasteiger partial charge < -0.3 is 11.1 Å². The summed E-state index contributed by atoms with van der Waals surface area (Å²) < 4.78 is 0. The first-order valence-corrected chi connectivity index (χ1v) is 6.89. The van der Waals surface area contributed by atoms with Gasteiger partial charge in [-0.05, 0) is 42.1 Å². The molecule has 0 aromatic heterocycles. The molecule has 0 saturated heterocycles. The summed E-state index contributed by atoms with van der Waals surface area (Å²) >= 11 is 0. The lowest BCUT2D eigenvalue weighted by atomic mass is 10.1. The lowest BCUT2D eigenvalue weighted by Gasteiger charge is -2.11. The number of rotatable bonds is 6. The minimum Gasteiger partial charge on any atom is -0.385 e. The zero-order valence-electron chi connectivity index (χ0n) is 11.5. The maximum absolute atomic E-state index is 5.61. The lowest BCUT2D eigenvalue weighted by molar-refractivity contribution is 0.561. The highest BCUT2D eigenvalue weighted by Gasteiger charge is 1.99. The summed E-state index contributed by atoms with van der Waals surface area (Å²) in [6.45, 7) is 3.91. The van der Waals surface area contributed by atoms with Crippen molar-refractivity contribution in [2.75, 3.05) is 18.4 Å². The Morgan fingerprint density at radius 2 is 1.58 bits per heavy atom. The van der Waals surface area contributed by atoms with E-state index in [1.807, 2.05) is 6.07 Å². The Labute approximate surface area is 115 Å². The first kappa shape index (κ1) is 13.6. The van der Waals surface area contributed by atoms with E-state index in [-0.39, 0.29) is 0 Å². The van der Waals surface area contributed by atoms with Crippen LogP contribution < -0.4 is 11.1 Å². The van der Waals surface area contributed by atoms with Crippen molar-refractivity contribution in [1.29, 1.82) is 0 Å². The van der Waals surface area contributed by atoms with Gasteiger partial charge in [0.15, 0.2) is 0 Å². The molecule has 0 spiro atoms. The highest BCUT2D eigenvalue weighted by molar-refractivity contribution is 5.65. The van der Waals surface area contributed by atoms with Crippen molar-refractivity contribution in [3.63, 3.8) is 0 Å². The molecule has 1 atom stereocenters. The molecule has 2 nitrogen and oxygen atoms in total. The molecule has 0 amide bonds. The van der Waals surface area contributed by atoms with Crippen LogP contribution >= 0.6 is 0 Å². The van der Waals surface area contributed by atoms with Crippen molar-refractivity contribution >= 4 is 5.69 Å². The van der Waals surface area contributed by atoms with Crippen LogP contribution in [0.5, 0.6) is 0 Å². The minimum atomic E-state index is 0.580. The molecule has 3 N–H and O–H groups in total. The Hall–Kier alpha value is -1.80. The van der Waals surface area contributed by atoms with E-state index in [2.05, 4.69) is 60.8 Å². The fourth-order valence-electron chi connectivity index (χ4n) is 1.99. The van der Waals surface area contributed by atoms with Crippen LogP contribution in [0.25, 0.3) is 11.1 Å². The summed E-state index contributed by atoms with van der Waals surface area (Å²) in [5.41, 5.74) is 9.29. The van der Waals surface area contributed by atoms with Crippen LogP contribution in [-0.4, -0.2) is 13.1 Å². The summed E-state index contributed by atoms with van der Waals surface area (Å²) in [5, 5.41) is 3.43. The standard InChI is InChI=1S/C17H22N2/c1-14(13-18)11-12-19-17-9-7-16(8-10-17)15-5-3-2-4-6-15/h2-10,14,19H,11-13,18H2,1H3. The van der Waals surface area contributed by atoms with Gasteiger partial charge in [0.05, 0.1) is 0 Å². The summed E-state index contributed by atoms with van der Waals surface area (Å²) in [6, 6.07) is 19.0. The second-order valence-corrected chi connectivity index (χ2v) is 5.00. The zero-order valence-corrected chi connectivity index (χ0v) is 11.5. The van der Waals surface area contributed by atoms with Gasteiger partial charge in [-0.2, -0.15) is 0 Å². The largest absolute Gasteiger partial charge is 0.385 e. The summed E-state index contributed by atoms with van der Waals surface area (Å²) in [4.78, 5) is 0. The Balaban J connectivity index is 1.92. The van der Waals surface area contributed by atoms with Crippen LogP contribution in [0.2, 0.25) is 0 Å². The molecule has 0 aliphatic rings. The van der Waals surface area contributed by atoms with Gasteiger partial charge in [0, 0.05) is 12.2 Å². The van der Waals surface area contributed by atoms with Crippen LogP contribution in [0.3, 0.4) is 0 Å². The fraction of sp³-hybridized carbons (Fsp3) is 0.294. The van der Waals surface area contributed by atoms with Gasteiger partial charge in [-0.25, -0.2) is 0 Å². The van der Waals surface area contributed by atoms with Crippen molar-refractivity contribution in [3.05, 3.63) is 54.6 Å². The molecule has 0 aliphatic heterocycles. The smallest absolute Gasteiger partial charge is 0.0340 e. The Kier molecular flexibility index (Phi) is 4.99. The molecule has 100 valence electrons. The van der Waals surface area contributed by atoms with E-state index < -0.39 is 0 Å². The van der Waals surface area contributed by atoms with E-state index in [1.54, 1.807) is 0 Å². The average Bonchev–Trinajstić information content (AvgIpc) is 2.48. The van der Waals surface area contributed by atoms with Crippen LogP contribution in [0, 0.1) is 5.92 Å². The molecule has 19 heavy (non-hydrogen) atoms. The molecule has 2 aromatic rings. The van der Waals surface area contributed by atoms with Gasteiger partial charge in [0.25, 0.3) is 0 Å². The van der Waals surface area contributed by atoms with Crippen molar-refractivity contribution in [1.82, 2.24) is 0 Å². The number of benzene rings is 2. The number of hydrogen-bond acceptors (Lipinski definition) is 2. The van der Waals surface area contributed by atoms with Gasteiger partial charge in [0.1, 0.15) is 0 Å². The maximum Gasteiger partial charge on any atom is 0.0340 e. The molecular formula is C17H22N2. The molecule has 0 saturated carbocycles. The molecule has 0 aliphatic carbocycles. The predicted octanol–water partition coefficient (Wildman–Crippen LogP) is 3.75. The third-order valence-corrected chi connectivity index (χ3v) is 3.36. The van der Waals surface area contributed by atoms with Crippen molar-refractivity contribution < 1.29 is 0 Å². The molecule has 2 aromatic carbocycles. The van der Waals surface area contributed by atoms with Gasteiger partial charge in [0.2, 0.25) is 0 Å². The quantitative estimate of drug-likeness (QED) is 0.824. The van der Waals surface area contributed by atoms with Crippen molar-refractivity contribution in [2.45, 2.75) is 13.3 Å². The third-order valence-electron chi connectivity index (χ3n) is 3.36. The topological polar surface area (TPSA) is 38.0 Å². The monoisotopic (exact) mass is 254 g/mol. The van der Waals surface area contributed by atoms with E-state index in [1.165, 1.54) is 16.8 Å². The number of anilines is 1. The highest BCUT2D eigenvalue weighted by Crippen LogP contribution is 2.20. The van der Waals surface area contributed by atoms with E-state index in [9.17, 15) is 0 Å². The lowest BCUT2D eigenvalue weighted by Crippen LogP contribution is -2.14. The minimum absolute atomic E-state index is 0.580. The molecule has 0 fully saturated rings. The van der Waals surface area contributed by atoms with Crippen LogP contribution in [0.1, 0.15) is 13.3 Å². The predicted molar refractivity (Wildman–Crippen MR) is 83.2 cm³/mol. The summed E-state index contributed by atoms with van der Waals surface area (Å²) in [6.07, 6.45) is 1.11. The van der Waals surface area contributed by atoms with Crippen LogP contribution in [0.4, 0.5) is 5.69 Å². The zero-order chi connectivity index (χ0) is 13.5. The number of nitrogens with one attached hydrogen (secondary N) is 1. The van der Waals surface area contributed by atoms with E-state index in [0.29, 0.717) is 5.92 Å². The van der Waals surface area contributed by atoms with Crippen molar-refractivity contribution in [3.8, 4) is 11.1 Å². The summed E-state index contributed by atoms with van der Waals surface area (Å²) in [5.74, 6) is 0.580. The van der Waals surface area contributed by atoms with Gasteiger partial charge >= 0.3 is 0 Å². The third kappa shape index (κ3) is 4.11. The van der Waals surface area contributed by atoms with E-state index in [4.69, 9.17) is 5.73 Å². The van der Waals surface area contributed by atoms with Gasteiger partial charge in [-0.3, -0.25) is 0 Å². The molecule has 0 heterocycles. The Morgan fingerprint density at radius 1 is 0.947 bits per heavy atom. The van der Waals surface area contributed by atoms with Gasteiger partial charge in [-0.1, -0.05) is 49.4 Å². The van der Waals surface area contributed by atoms with Crippen LogP contribution in [0.15, 0.2) is 54.6 Å². The molecule has 0 bridgehead atoms. The molecule has 1 unspecified atom stereocenters. The molecule has 2 heteroatoms.